The highest BCUT2D eigenvalue weighted by Crippen LogP contribution is 2.34. The number of halogens is 1. The molecule has 0 aliphatic carbocycles. The van der Waals surface area contributed by atoms with Crippen LogP contribution in [0.2, 0.25) is 0 Å². The molecule has 0 saturated heterocycles. The number of aromatic nitrogens is 1. The largest absolute Gasteiger partial charge is 0.492 e. The molecule has 0 amide bonds. The molecule has 1 aliphatic heterocycles. The average molecular weight is 424 g/mol. The van der Waals surface area contributed by atoms with Crippen molar-refractivity contribution in [3.05, 3.63) is 87.7 Å². The lowest BCUT2D eigenvalue weighted by Gasteiger charge is -2.22. The van der Waals surface area contributed by atoms with Gasteiger partial charge in [-0.1, -0.05) is 28.1 Å². The van der Waals surface area contributed by atoms with Crippen molar-refractivity contribution in [1.82, 2.24) is 4.98 Å². The van der Waals surface area contributed by atoms with E-state index in [0.717, 1.165) is 21.2 Å². The van der Waals surface area contributed by atoms with E-state index >= 15 is 0 Å². The number of fused-ring (bicyclic) bond motifs is 1. The van der Waals surface area contributed by atoms with E-state index in [9.17, 15) is 4.79 Å². The van der Waals surface area contributed by atoms with Crippen molar-refractivity contribution in [2.24, 2.45) is 0 Å². The highest BCUT2D eigenvalue weighted by atomic mass is 79.9. The Hall–Kier alpha value is -2.66. The molecule has 0 fully saturated rings. The molecule has 0 saturated carbocycles. The summed E-state index contributed by atoms with van der Waals surface area (Å²) in [5, 5.41) is 0. The van der Waals surface area contributed by atoms with Gasteiger partial charge in [0.25, 0.3) is 0 Å². The molecule has 1 unspecified atom stereocenters. The van der Waals surface area contributed by atoms with Crippen molar-refractivity contribution >= 4 is 21.7 Å². The van der Waals surface area contributed by atoms with Crippen molar-refractivity contribution in [2.75, 3.05) is 6.61 Å². The first-order valence-electron chi connectivity index (χ1n) is 8.74. The molecule has 1 atom stereocenters. The van der Waals surface area contributed by atoms with E-state index in [1.54, 1.807) is 24.5 Å². The number of Topliss-reactive ketones (excluding diaryl/α,β-unsaturated/α-hetero) is 1. The van der Waals surface area contributed by atoms with Crippen LogP contribution in [0.15, 0.2) is 65.4 Å². The van der Waals surface area contributed by atoms with Gasteiger partial charge >= 0.3 is 0 Å². The number of carbonyl (C=O) groups is 1. The van der Waals surface area contributed by atoms with Gasteiger partial charge in [-0.2, -0.15) is 0 Å². The number of ether oxygens (including phenoxy) is 2. The number of benzene rings is 2. The van der Waals surface area contributed by atoms with E-state index in [1.165, 1.54) is 0 Å². The van der Waals surface area contributed by atoms with Gasteiger partial charge < -0.3 is 9.47 Å². The molecule has 1 aliphatic rings. The van der Waals surface area contributed by atoms with Crippen LogP contribution >= 0.6 is 15.9 Å². The third-order valence-corrected chi connectivity index (χ3v) is 5.48. The Morgan fingerprint density at radius 1 is 1.07 bits per heavy atom. The van der Waals surface area contributed by atoms with Gasteiger partial charge in [-0.05, 0) is 53.9 Å². The number of ketones is 1. The first kappa shape index (κ1) is 17.7. The van der Waals surface area contributed by atoms with Gasteiger partial charge in [0.05, 0.1) is 12.2 Å². The zero-order valence-electron chi connectivity index (χ0n) is 14.8. The summed E-state index contributed by atoms with van der Waals surface area (Å²) < 4.78 is 13.0. The summed E-state index contributed by atoms with van der Waals surface area (Å²) >= 11 is 3.55. The van der Waals surface area contributed by atoms with Crippen LogP contribution in [-0.2, 0) is 0 Å². The van der Waals surface area contributed by atoms with Gasteiger partial charge in [0.2, 0.25) is 0 Å². The Kier molecular flexibility index (Phi) is 4.94. The van der Waals surface area contributed by atoms with Crippen molar-refractivity contribution in [2.45, 2.75) is 19.4 Å². The molecule has 1 aromatic heterocycles. The van der Waals surface area contributed by atoms with E-state index in [2.05, 4.69) is 33.9 Å². The molecular weight excluding hydrogens is 406 g/mol. The van der Waals surface area contributed by atoms with Gasteiger partial charge in [0, 0.05) is 29.4 Å². The minimum absolute atomic E-state index is 0.108. The first-order valence-corrected chi connectivity index (χ1v) is 9.54. The monoisotopic (exact) mass is 423 g/mol. The molecule has 4 nitrogen and oxygen atoms in total. The van der Waals surface area contributed by atoms with Gasteiger partial charge in [-0.3, -0.25) is 9.78 Å². The van der Waals surface area contributed by atoms with Crippen LogP contribution in [-0.4, -0.2) is 17.4 Å². The van der Waals surface area contributed by atoms with Gasteiger partial charge in [0.1, 0.15) is 17.6 Å². The van der Waals surface area contributed by atoms with E-state index < -0.39 is 0 Å². The number of hydrogen-bond donors (Lipinski definition) is 0. The summed E-state index contributed by atoms with van der Waals surface area (Å²) in [6.45, 7) is 2.46. The fourth-order valence-corrected chi connectivity index (χ4v) is 3.39. The van der Waals surface area contributed by atoms with E-state index in [4.69, 9.17) is 9.47 Å². The lowest BCUT2D eigenvalue weighted by molar-refractivity contribution is 0.0933. The number of nitrogens with zero attached hydrogens (tertiary/aromatic N) is 1. The number of pyridine rings is 1. The number of rotatable bonds is 4. The van der Waals surface area contributed by atoms with E-state index in [0.29, 0.717) is 30.1 Å². The Morgan fingerprint density at radius 3 is 2.67 bits per heavy atom. The van der Waals surface area contributed by atoms with E-state index in [-0.39, 0.29) is 11.9 Å². The van der Waals surface area contributed by atoms with Crippen molar-refractivity contribution in [1.29, 1.82) is 0 Å². The van der Waals surface area contributed by atoms with Crippen LogP contribution in [0.5, 0.6) is 11.5 Å². The molecule has 136 valence electrons. The molecular formula is C22H18BrNO3. The SMILES string of the molecule is Cc1cc(C(Oc2ccc3c(c2)OCCC3=O)c2ccncc2)ccc1Br. The summed E-state index contributed by atoms with van der Waals surface area (Å²) in [6.07, 6.45) is 3.64. The van der Waals surface area contributed by atoms with Gasteiger partial charge in [-0.25, -0.2) is 0 Å². The maximum Gasteiger partial charge on any atom is 0.169 e. The second-order valence-electron chi connectivity index (χ2n) is 6.47. The maximum atomic E-state index is 12.0. The number of hydrogen-bond acceptors (Lipinski definition) is 4. The third kappa shape index (κ3) is 3.74. The number of aryl methyl sites for hydroxylation is 1. The van der Waals surface area contributed by atoms with Crippen molar-refractivity contribution in [3.8, 4) is 11.5 Å². The molecule has 3 aromatic rings. The Labute approximate surface area is 166 Å². The lowest BCUT2D eigenvalue weighted by atomic mass is 10.0. The van der Waals surface area contributed by atoms with Gasteiger partial charge in [0.15, 0.2) is 5.78 Å². The summed E-state index contributed by atoms with van der Waals surface area (Å²) in [5.41, 5.74) is 3.79. The van der Waals surface area contributed by atoms with Crippen molar-refractivity contribution in [3.63, 3.8) is 0 Å². The topological polar surface area (TPSA) is 48.4 Å². The summed E-state index contributed by atoms with van der Waals surface area (Å²) in [4.78, 5) is 16.1. The minimum Gasteiger partial charge on any atom is -0.492 e. The highest BCUT2D eigenvalue weighted by molar-refractivity contribution is 9.10. The average Bonchev–Trinajstić information content (AvgIpc) is 2.69. The maximum absolute atomic E-state index is 12.0. The van der Waals surface area contributed by atoms with Crippen LogP contribution in [0.1, 0.15) is 39.6 Å². The second kappa shape index (κ2) is 7.53. The smallest absolute Gasteiger partial charge is 0.169 e. The zero-order valence-corrected chi connectivity index (χ0v) is 16.4. The van der Waals surface area contributed by atoms with Crippen molar-refractivity contribution < 1.29 is 14.3 Å². The van der Waals surface area contributed by atoms with E-state index in [1.807, 2.05) is 30.3 Å². The summed E-state index contributed by atoms with van der Waals surface area (Å²) in [7, 11) is 0. The fraction of sp³-hybridized carbons (Fsp3) is 0.182. The predicted octanol–water partition coefficient (Wildman–Crippen LogP) is 5.29. The molecule has 2 heterocycles. The lowest BCUT2D eigenvalue weighted by Crippen LogP contribution is -2.15. The third-order valence-electron chi connectivity index (χ3n) is 4.59. The molecule has 0 spiro atoms. The van der Waals surface area contributed by atoms with Crippen LogP contribution in [0, 0.1) is 6.92 Å². The van der Waals surface area contributed by atoms with Crippen LogP contribution in [0.25, 0.3) is 0 Å². The van der Waals surface area contributed by atoms with Crippen LogP contribution in [0.3, 0.4) is 0 Å². The Balaban J connectivity index is 1.71. The van der Waals surface area contributed by atoms with Crippen LogP contribution < -0.4 is 9.47 Å². The summed E-state index contributed by atoms with van der Waals surface area (Å²) in [6, 6.07) is 15.5. The quantitative estimate of drug-likeness (QED) is 0.572. The molecule has 27 heavy (non-hydrogen) atoms. The molecule has 0 N–H and O–H groups in total. The number of carbonyl (C=O) groups excluding carboxylic acids is 1. The minimum atomic E-state index is -0.294. The second-order valence-corrected chi connectivity index (χ2v) is 7.32. The molecule has 4 rings (SSSR count). The molecule has 5 heteroatoms. The normalized spacial score (nSPS) is 14.2. The fourth-order valence-electron chi connectivity index (χ4n) is 3.15. The molecule has 2 aromatic carbocycles. The Morgan fingerprint density at radius 2 is 1.89 bits per heavy atom. The zero-order chi connectivity index (χ0) is 18.8. The standard InChI is InChI=1S/C22H18BrNO3/c1-14-12-16(2-5-19(14)23)22(15-6-9-24-10-7-15)27-17-3-4-18-20(25)8-11-26-21(18)13-17/h2-7,9-10,12-13,22H,8,11H2,1H3. The molecule has 0 bridgehead atoms. The van der Waals surface area contributed by atoms with Gasteiger partial charge in [-0.15, -0.1) is 0 Å². The predicted molar refractivity (Wildman–Crippen MR) is 106 cm³/mol. The Bertz CT molecular complexity index is 988. The molecule has 0 radical (unpaired) electrons. The summed E-state index contributed by atoms with van der Waals surface area (Å²) in [5.74, 6) is 1.35. The first-order chi connectivity index (χ1) is 13.1. The van der Waals surface area contributed by atoms with Crippen LogP contribution in [0.4, 0.5) is 0 Å². The highest BCUT2D eigenvalue weighted by Gasteiger charge is 2.21.